The van der Waals surface area contributed by atoms with Crippen LogP contribution in [0.3, 0.4) is 0 Å². The zero-order valence-corrected chi connectivity index (χ0v) is 13.6. The fourth-order valence-electron chi connectivity index (χ4n) is 2.42. The zero-order chi connectivity index (χ0) is 16.8. The molecule has 2 rings (SSSR count). The average Bonchev–Trinajstić information content (AvgIpc) is 2.54. The summed E-state index contributed by atoms with van der Waals surface area (Å²) in [4.78, 5) is 35.6. The number of hydrogen-bond acceptors (Lipinski definition) is 6. The molecule has 2 amide bonds. The van der Waals surface area contributed by atoms with Gasteiger partial charge in [-0.25, -0.2) is 9.97 Å². The molecular weight excluding hydrogens is 298 g/mol. The Kier molecular flexibility index (Phi) is 6.00. The van der Waals surface area contributed by atoms with E-state index in [0.29, 0.717) is 19.7 Å². The topological polar surface area (TPSA) is 102 Å². The van der Waals surface area contributed by atoms with Crippen molar-refractivity contribution in [2.45, 2.75) is 20.0 Å². The molecule has 8 nitrogen and oxygen atoms in total. The molecule has 2 heterocycles. The highest BCUT2D eigenvalue weighted by molar-refractivity contribution is 6.03. The largest absolute Gasteiger partial charge is 0.377 e. The van der Waals surface area contributed by atoms with Crippen LogP contribution in [0, 0.1) is 0 Å². The van der Waals surface area contributed by atoms with Crippen molar-refractivity contribution >= 4 is 11.8 Å². The van der Waals surface area contributed by atoms with Crippen LogP contribution in [-0.2, 0) is 4.74 Å². The summed E-state index contributed by atoms with van der Waals surface area (Å²) >= 11 is 0. The molecule has 0 atom stereocenters. The number of rotatable bonds is 6. The molecule has 2 N–H and O–H groups in total. The van der Waals surface area contributed by atoms with Crippen molar-refractivity contribution in [3.05, 3.63) is 23.8 Å². The van der Waals surface area contributed by atoms with E-state index >= 15 is 0 Å². The van der Waals surface area contributed by atoms with Crippen LogP contribution < -0.4 is 5.73 Å². The Morgan fingerprint density at radius 1 is 1.17 bits per heavy atom. The standard InChI is InChI=1S/C15H23N5O3/c1-11(2)23-10-9-19-5-7-20(8-6-19)15(22)13-12(14(16)21)17-3-4-18-13/h3-4,11H,5-10H2,1-2H3,(H2,16,21). The van der Waals surface area contributed by atoms with Gasteiger partial charge < -0.3 is 15.4 Å². The van der Waals surface area contributed by atoms with Crippen LogP contribution >= 0.6 is 0 Å². The molecule has 0 saturated carbocycles. The van der Waals surface area contributed by atoms with Crippen LogP contribution in [0.2, 0.25) is 0 Å². The van der Waals surface area contributed by atoms with E-state index in [1.54, 1.807) is 4.90 Å². The van der Waals surface area contributed by atoms with Gasteiger partial charge in [-0.2, -0.15) is 0 Å². The fourth-order valence-corrected chi connectivity index (χ4v) is 2.42. The van der Waals surface area contributed by atoms with Gasteiger partial charge in [-0.05, 0) is 13.8 Å². The van der Waals surface area contributed by atoms with Gasteiger partial charge in [0.25, 0.3) is 11.8 Å². The molecule has 1 aromatic heterocycles. The molecule has 1 fully saturated rings. The molecule has 0 unspecified atom stereocenters. The summed E-state index contributed by atoms with van der Waals surface area (Å²) in [6, 6.07) is 0. The van der Waals surface area contributed by atoms with Crippen molar-refractivity contribution < 1.29 is 14.3 Å². The highest BCUT2D eigenvalue weighted by atomic mass is 16.5. The van der Waals surface area contributed by atoms with Gasteiger partial charge >= 0.3 is 0 Å². The molecule has 0 aliphatic carbocycles. The van der Waals surface area contributed by atoms with E-state index in [9.17, 15) is 9.59 Å². The Labute approximate surface area is 135 Å². The van der Waals surface area contributed by atoms with Gasteiger partial charge in [0.2, 0.25) is 0 Å². The molecule has 126 valence electrons. The summed E-state index contributed by atoms with van der Waals surface area (Å²) in [5.41, 5.74) is 5.20. The maximum Gasteiger partial charge on any atom is 0.275 e. The van der Waals surface area contributed by atoms with Gasteiger partial charge in [0.1, 0.15) is 0 Å². The molecule has 23 heavy (non-hydrogen) atoms. The van der Waals surface area contributed by atoms with Gasteiger partial charge in [0.05, 0.1) is 12.7 Å². The van der Waals surface area contributed by atoms with Crippen LogP contribution in [-0.4, -0.2) is 77.0 Å². The summed E-state index contributed by atoms with van der Waals surface area (Å²) < 4.78 is 5.54. The predicted octanol–water partition coefficient (Wildman–Crippen LogP) is -0.242. The number of amides is 2. The number of carbonyl (C=O) groups excluding carboxylic acids is 2. The van der Waals surface area contributed by atoms with Crippen LogP contribution in [0.25, 0.3) is 0 Å². The number of aromatic nitrogens is 2. The van der Waals surface area contributed by atoms with Crippen molar-refractivity contribution in [2.24, 2.45) is 5.73 Å². The highest BCUT2D eigenvalue weighted by Gasteiger charge is 2.26. The van der Waals surface area contributed by atoms with Crippen molar-refractivity contribution in [1.82, 2.24) is 19.8 Å². The second kappa shape index (κ2) is 7.98. The predicted molar refractivity (Wildman–Crippen MR) is 84.0 cm³/mol. The quantitative estimate of drug-likeness (QED) is 0.776. The first kappa shape index (κ1) is 17.3. The van der Waals surface area contributed by atoms with Gasteiger partial charge in [0, 0.05) is 45.1 Å². The summed E-state index contributed by atoms with van der Waals surface area (Å²) in [6.07, 6.45) is 2.96. The lowest BCUT2D eigenvalue weighted by atomic mass is 10.2. The second-order valence-corrected chi connectivity index (χ2v) is 5.67. The van der Waals surface area contributed by atoms with Crippen molar-refractivity contribution in [3.8, 4) is 0 Å². The Hall–Kier alpha value is -2.06. The minimum absolute atomic E-state index is 0.0246. The monoisotopic (exact) mass is 321 g/mol. The summed E-state index contributed by atoms with van der Waals surface area (Å²) in [5, 5.41) is 0. The Bertz CT molecular complexity index is 556. The Morgan fingerprint density at radius 2 is 1.78 bits per heavy atom. The maximum atomic E-state index is 12.5. The SMILES string of the molecule is CC(C)OCCN1CCN(C(=O)c2nccnc2C(N)=O)CC1. The highest BCUT2D eigenvalue weighted by Crippen LogP contribution is 2.09. The van der Waals surface area contributed by atoms with E-state index in [0.717, 1.165) is 19.6 Å². The lowest BCUT2D eigenvalue weighted by Crippen LogP contribution is -2.50. The van der Waals surface area contributed by atoms with Gasteiger partial charge in [0.15, 0.2) is 11.4 Å². The van der Waals surface area contributed by atoms with Gasteiger partial charge in [-0.1, -0.05) is 0 Å². The maximum absolute atomic E-state index is 12.5. The summed E-state index contributed by atoms with van der Waals surface area (Å²) in [6.45, 7) is 8.23. The lowest BCUT2D eigenvalue weighted by molar-refractivity contribution is 0.0403. The normalized spacial score (nSPS) is 15.9. The minimum Gasteiger partial charge on any atom is -0.377 e. The first-order valence-electron chi connectivity index (χ1n) is 7.73. The minimum atomic E-state index is -0.745. The molecular formula is C15H23N5O3. The first-order chi connectivity index (χ1) is 11.0. The molecule has 0 bridgehead atoms. The average molecular weight is 321 g/mol. The number of piperazine rings is 1. The molecule has 1 aromatic rings. The van der Waals surface area contributed by atoms with E-state index in [-0.39, 0.29) is 23.4 Å². The van der Waals surface area contributed by atoms with Crippen molar-refractivity contribution in [3.63, 3.8) is 0 Å². The number of primary amides is 1. The molecule has 8 heteroatoms. The Balaban J connectivity index is 1.90. The van der Waals surface area contributed by atoms with E-state index in [1.165, 1.54) is 12.4 Å². The molecule has 0 radical (unpaired) electrons. The molecule has 0 spiro atoms. The zero-order valence-electron chi connectivity index (χ0n) is 13.6. The van der Waals surface area contributed by atoms with Gasteiger partial charge in [-0.3, -0.25) is 14.5 Å². The first-order valence-corrected chi connectivity index (χ1v) is 7.73. The van der Waals surface area contributed by atoms with E-state index < -0.39 is 5.91 Å². The van der Waals surface area contributed by atoms with Crippen LogP contribution in [0.5, 0.6) is 0 Å². The van der Waals surface area contributed by atoms with E-state index in [1.807, 2.05) is 13.8 Å². The van der Waals surface area contributed by atoms with Crippen molar-refractivity contribution in [2.75, 3.05) is 39.3 Å². The summed E-state index contributed by atoms with van der Waals surface area (Å²) in [7, 11) is 0. The fraction of sp³-hybridized carbons (Fsp3) is 0.600. The van der Waals surface area contributed by atoms with Crippen LogP contribution in [0.15, 0.2) is 12.4 Å². The third-order valence-corrected chi connectivity index (χ3v) is 3.65. The van der Waals surface area contributed by atoms with Crippen molar-refractivity contribution in [1.29, 1.82) is 0 Å². The van der Waals surface area contributed by atoms with Crippen LogP contribution in [0.4, 0.5) is 0 Å². The molecule has 0 aromatic carbocycles. The smallest absolute Gasteiger partial charge is 0.275 e. The third-order valence-electron chi connectivity index (χ3n) is 3.65. The molecule has 1 aliphatic heterocycles. The molecule has 1 saturated heterocycles. The number of nitrogens with zero attached hydrogens (tertiary/aromatic N) is 4. The van der Waals surface area contributed by atoms with E-state index in [2.05, 4.69) is 14.9 Å². The van der Waals surface area contributed by atoms with E-state index in [4.69, 9.17) is 10.5 Å². The third kappa shape index (κ3) is 4.70. The number of ether oxygens (including phenoxy) is 1. The number of nitrogens with two attached hydrogens (primary N) is 1. The van der Waals surface area contributed by atoms with Gasteiger partial charge in [-0.15, -0.1) is 0 Å². The number of carbonyl (C=O) groups is 2. The summed E-state index contributed by atoms with van der Waals surface area (Å²) in [5.74, 6) is -1.05. The lowest BCUT2D eigenvalue weighted by Gasteiger charge is -2.34. The van der Waals surface area contributed by atoms with Crippen LogP contribution in [0.1, 0.15) is 34.8 Å². The Morgan fingerprint density at radius 3 is 2.35 bits per heavy atom. The number of hydrogen-bond donors (Lipinski definition) is 1. The molecule has 1 aliphatic rings. The second-order valence-electron chi connectivity index (χ2n) is 5.67.